The fourth-order valence-electron chi connectivity index (χ4n) is 1.53. The van der Waals surface area contributed by atoms with Gasteiger partial charge in [0.05, 0.1) is 0 Å². The Labute approximate surface area is 106 Å². The molecule has 0 atom stereocenters. The first-order valence-electron chi connectivity index (χ1n) is 5.90. The van der Waals surface area contributed by atoms with Crippen molar-refractivity contribution in [1.29, 1.82) is 0 Å². The van der Waals surface area contributed by atoms with E-state index in [9.17, 15) is 0 Å². The van der Waals surface area contributed by atoms with Crippen LogP contribution in [0.4, 0.5) is 5.13 Å². The molecule has 2 rings (SSSR count). The van der Waals surface area contributed by atoms with Crippen molar-refractivity contribution in [2.45, 2.75) is 33.2 Å². The second-order valence-electron chi connectivity index (χ2n) is 4.10. The molecule has 90 valence electrons. The molecule has 0 aliphatic carbocycles. The lowest BCUT2D eigenvalue weighted by Crippen LogP contribution is -1.99. The second-order valence-corrected chi connectivity index (χ2v) is 4.86. The Balaban J connectivity index is 1.90. The normalized spacial score (nSPS) is 10.5. The lowest BCUT2D eigenvalue weighted by molar-refractivity contribution is 0.861. The van der Waals surface area contributed by atoms with E-state index in [2.05, 4.69) is 52.8 Å². The van der Waals surface area contributed by atoms with Gasteiger partial charge >= 0.3 is 0 Å². The topological polar surface area (TPSA) is 37.8 Å². The summed E-state index contributed by atoms with van der Waals surface area (Å²) in [7, 11) is 0. The van der Waals surface area contributed by atoms with Gasteiger partial charge in [0.1, 0.15) is 5.82 Å². The SMILES string of the molecule is CCCc1nsc(NCc2ccc(C)cc2)n1. The zero-order valence-electron chi connectivity index (χ0n) is 10.2. The average molecular weight is 247 g/mol. The van der Waals surface area contributed by atoms with Crippen molar-refractivity contribution < 1.29 is 0 Å². The van der Waals surface area contributed by atoms with Crippen LogP contribution in [-0.2, 0) is 13.0 Å². The van der Waals surface area contributed by atoms with Gasteiger partial charge in [0.15, 0.2) is 0 Å². The zero-order chi connectivity index (χ0) is 12.1. The maximum Gasteiger partial charge on any atom is 0.202 e. The van der Waals surface area contributed by atoms with Gasteiger partial charge in [-0.3, -0.25) is 0 Å². The molecule has 4 heteroatoms. The fraction of sp³-hybridized carbons (Fsp3) is 0.385. The summed E-state index contributed by atoms with van der Waals surface area (Å²) in [6, 6.07) is 8.52. The van der Waals surface area contributed by atoms with E-state index in [-0.39, 0.29) is 0 Å². The number of nitrogens with one attached hydrogen (secondary N) is 1. The summed E-state index contributed by atoms with van der Waals surface area (Å²) >= 11 is 1.44. The highest BCUT2D eigenvalue weighted by molar-refractivity contribution is 7.09. The van der Waals surface area contributed by atoms with Crippen molar-refractivity contribution in [1.82, 2.24) is 9.36 Å². The van der Waals surface area contributed by atoms with E-state index in [0.29, 0.717) is 0 Å². The van der Waals surface area contributed by atoms with Gasteiger partial charge < -0.3 is 5.32 Å². The van der Waals surface area contributed by atoms with Crippen LogP contribution >= 0.6 is 11.5 Å². The Hall–Kier alpha value is -1.42. The zero-order valence-corrected chi connectivity index (χ0v) is 11.0. The van der Waals surface area contributed by atoms with Crippen molar-refractivity contribution in [3.63, 3.8) is 0 Å². The molecule has 0 aliphatic heterocycles. The van der Waals surface area contributed by atoms with Crippen LogP contribution in [0.25, 0.3) is 0 Å². The maximum absolute atomic E-state index is 4.43. The Kier molecular flexibility index (Phi) is 4.09. The van der Waals surface area contributed by atoms with E-state index < -0.39 is 0 Å². The van der Waals surface area contributed by atoms with Crippen molar-refractivity contribution in [3.05, 3.63) is 41.2 Å². The number of hydrogen-bond acceptors (Lipinski definition) is 4. The van der Waals surface area contributed by atoms with E-state index in [4.69, 9.17) is 0 Å². The van der Waals surface area contributed by atoms with Gasteiger partial charge in [-0.1, -0.05) is 36.8 Å². The Bertz CT molecular complexity index is 462. The molecule has 0 fully saturated rings. The van der Waals surface area contributed by atoms with Crippen LogP contribution in [0.2, 0.25) is 0 Å². The highest BCUT2D eigenvalue weighted by Gasteiger charge is 2.02. The van der Waals surface area contributed by atoms with E-state index in [1.54, 1.807) is 0 Å². The van der Waals surface area contributed by atoms with Gasteiger partial charge in [0.25, 0.3) is 0 Å². The van der Waals surface area contributed by atoms with Crippen LogP contribution in [0.5, 0.6) is 0 Å². The first-order chi connectivity index (χ1) is 8.28. The Morgan fingerprint density at radius 1 is 1.24 bits per heavy atom. The van der Waals surface area contributed by atoms with Gasteiger partial charge in [0.2, 0.25) is 5.13 Å². The summed E-state index contributed by atoms with van der Waals surface area (Å²) in [6.07, 6.45) is 2.05. The first kappa shape index (κ1) is 12.0. The molecule has 0 amide bonds. The molecule has 0 spiro atoms. The minimum atomic E-state index is 0.807. The van der Waals surface area contributed by atoms with Crippen LogP contribution in [0.3, 0.4) is 0 Å². The number of hydrogen-bond donors (Lipinski definition) is 1. The van der Waals surface area contributed by atoms with Gasteiger partial charge in [-0.05, 0) is 18.9 Å². The van der Waals surface area contributed by atoms with Gasteiger partial charge in [-0.2, -0.15) is 4.37 Å². The van der Waals surface area contributed by atoms with Gasteiger partial charge in [-0.25, -0.2) is 4.98 Å². The van der Waals surface area contributed by atoms with E-state index in [1.807, 2.05) is 0 Å². The minimum Gasteiger partial charge on any atom is -0.356 e. The predicted molar refractivity (Wildman–Crippen MR) is 72.4 cm³/mol. The molecule has 0 aliphatic rings. The van der Waals surface area contributed by atoms with Gasteiger partial charge in [-0.15, -0.1) is 0 Å². The highest BCUT2D eigenvalue weighted by atomic mass is 32.1. The number of aryl methyl sites for hydroxylation is 2. The molecule has 0 saturated heterocycles. The van der Waals surface area contributed by atoms with Crippen molar-refractivity contribution >= 4 is 16.7 Å². The molecule has 2 aromatic rings. The molecule has 17 heavy (non-hydrogen) atoms. The molecule has 1 N–H and O–H groups in total. The summed E-state index contributed by atoms with van der Waals surface area (Å²) in [4.78, 5) is 4.43. The monoisotopic (exact) mass is 247 g/mol. The van der Waals surface area contributed by atoms with Crippen LogP contribution < -0.4 is 5.32 Å². The van der Waals surface area contributed by atoms with Crippen LogP contribution in [0.15, 0.2) is 24.3 Å². The quantitative estimate of drug-likeness (QED) is 0.879. The smallest absolute Gasteiger partial charge is 0.202 e. The van der Waals surface area contributed by atoms with Crippen LogP contribution in [-0.4, -0.2) is 9.36 Å². The molecule has 1 aromatic heterocycles. The van der Waals surface area contributed by atoms with Crippen LogP contribution in [0.1, 0.15) is 30.3 Å². The third kappa shape index (κ3) is 3.53. The molecule has 0 saturated carbocycles. The Morgan fingerprint density at radius 2 is 2.00 bits per heavy atom. The maximum atomic E-state index is 4.43. The molecule has 3 nitrogen and oxygen atoms in total. The van der Waals surface area contributed by atoms with Crippen molar-refractivity contribution in [2.75, 3.05) is 5.32 Å². The molecule has 0 bridgehead atoms. The lowest BCUT2D eigenvalue weighted by atomic mass is 10.1. The number of benzene rings is 1. The van der Waals surface area contributed by atoms with Gasteiger partial charge in [0, 0.05) is 24.5 Å². The first-order valence-corrected chi connectivity index (χ1v) is 6.67. The Morgan fingerprint density at radius 3 is 2.71 bits per heavy atom. The largest absolute Gasteiger partial charge is 0.356 e. The van der Waals surface area contributed by atoms with E-state index in [0.717, 1.165) is 30.3 Å². The third-order valence-corrected chi connectivity index (χ3v) is 3.22. The summed E-state index contributed by atoms with van der Waals surface area (Å²) in [6.45, 7) is 5.04. The molecular weight excluding hydrogens is 230 g/mol. The standard InChI is InChI=1S/C13H17N3S/c1-3-4-12-15-13(17-16-12)14-9-11-7-5-10(2)6-8-11/h5-8H,3-4,9H2,1-2H3,(H,14,15,16). The molecule has 1 heterocycles. The number of anilines is 1. The summed E-state index contributed by atoms with van der Waals surface area (Å²) in [5, 5.41) is 4.22. The second kappa shape index (κ2) is 5.77. The minimum absolute atomic E-state index is 0.807. The number of aromatic nitrogens is 2. The number of rotatable bonds is 5. The van der Waals surface area contributed by atoms with E-state index >= 15 is 0 Å². The predicted octanol–water partition coefficient (Wildman–Crippen LogP) is 3.41. The third-order valence-electron chi connectivity index (χ3n) is 2.51. The van der Waals surface area contributed by atoms with Crippen molar-refractivity contribution in [2.24, 2.45) is 0 Å². The fourth-order valence-corrected chi connectivity index (χ4v) is 2.14. The molecular formula is C13H17N3S. The summed E-state index contributed by atoms with van der Waals surface area (Å²) < 4.78 is 4.30. The summed E-state index contributed by atoms with van der Waals surface area (Å²) in [5.74, 6) is 0.948. The van der Waals surface area contributed by atoms with E-state index in [1.165, 1.54) is 22.7 Å². The lowest BCUT2D eigenvalue weighted by Gasteiger charge is -2.02. The van der Waals surface area contributed by atoms with Crippen molar-refractivity contribution in [3.8, 4) is 0 Å². The number of nitrogens with zero attached hydrogens (tertiary/aromatic N) is 2. The molecule has 1 aromatic carbocycles. The summed E-state index contributed by atoms with van der Waals surface area (Å²) in [5.41, 5.74) is 2.55. The highest BCUT2D eigenvalue weighted by Crippen LogP contribution is 2.13. The van der Waals surface area contributed by atoms with Crippen LogP contribution in [0, 0.1) is 6.92 Å². The molecule has 0 radical (unpaired) electrons. The molecule has 0 unspecified atom stereocenters. The average Bonchev–Trinajstić information content (AvgIpc) is 2.77.